The van der Waals surface area contributed by atoms with Gasteiger partial charge in [-0.1, -0.05) is 37.3 Å². The molecule has 154 valence electrons. The van der Waals surface area contributed by atoms with Crippen LogP contribution in [0.2, 0.25) is 0 Å². The summed E-state index contributed by atoms with van der Waals surface area (Å²) >= 11 is 0. The van der Waals surface area contributed by atoms with E-state index in [4.69, 9.17) is 4.74 Å². The number of carbonyl (C=O) groups excluding carboxylic acids is 4. The summed E-state index contributed by atoms with van der Waals surface area (Å²) in [6.45, 7) is 1.32. The average molecular weight is 395 g/mol. The fraction of sp³-hybridized carbons (Fsp3) is 0.474. The molecule has 2 atom stereocenters. The molecule has 1 aromatic rings. The molecule has 0 spiro atoms. The van der Waals surface area contributed by atoms with Crippen molar-refractivity contribution in [2.45, 2.75) is 19.6 Å². The third-order valence-corrected chi connectivity index (χ3v) is 4.08. The summed E-state index contributed by atoms with van der Waals surface area (Å²) in [7, 11) is 3.34. The fourth-order valence-electron chi connectivity index (χ4n) is 2.55. The molecular weight excluding hydrogens is 370 g/mol. The zero-order chi connectivity index (χ0) is 21.1. The number of carbonyl (C=O) groups is 4. The zero-order valence-corrected chi connectivity index (χ0v) is 16.3. The van der Waals surface area contributed by atoms with Crippen LogP contribution in [0, 0.1) is 11.8 Å². The number of hydrogen-bond acceptors (Lipinski definition) is 8. The standard InChI is InChI=1S/C19H25NO8/c1-12(15(17(22)25-2)18(23)26-3)16(19(24)27-4)20-14(21)11-28-10-13-8-6-5-7-9-13/h5-9,12,15-16H,10-11H2,1-4H3,(H,20,21)/t12-,16+/m0/s1. The van der Waals surface area contributed by atoms with E-state index in [0.29, 0.717) is 0 Å². The predicted molar refractivity (Wildman–Crippen MR) is 96.7 cm³/mol. The van der Waals surface area contributed by atoms with Crippen LogP contribution in [0.1, 0.15) is 12.5 Å². The van der Waals surface area contributed by atoms with Gasteiger partial charge in [-0.3, -0.25) is 14.4 Å². The summed E-state index contributed by atoms with van der Waals surface area (Å²) in [5.74, 6) is -5.59. The third-order valence-electron chi connectivity index (χ3n) is 4.08. The first kappa shape index (κ1) is 23.1. The lowest BCUT2D eigenvalue weighted by molar-refractivity contribution is -0.163. The minimum absolute atomic E-state index is 0.208. The number of rotatable bonds is 10. The molecule has 9 heteroatoms. The molecule has 0 aliphatic rings. The Bertz CT molecular complexity index is 660. The lowest BCUT2D eigenvalue weighted by Crippen LogP contribution is -2.51. The van der Waals surface area contributed by atoms with Crippen LogP contribution >= 0.6 is 0 Å². The Hall–Kier alpha value is -2.94. The van der Waals surface area contributed by atoms with E-state index in [-0.39, 0.29) is 13.2 Å². The van der Waals surface area contributed by atoms with Crippen molar-refractivity contribution in [3.8, 4) is 0 Å². The van der Waals surface area contributed by atoms with Gasteiger partial charge in [-0.25, -0.2) is 4.79 Å². The Labute approximate surface area is 163 Å². The Morgan fingerprint density at radius 1 is 0.893 bits per heavy atom. The second-order valence-corrected chi connectivity index (χ2v) is 5.93. The van der Waals surface area contributed by atoms with E-state index in [1.54, 1.807) is 0 Å². The molecule has 0 heterocycles. The van der Waals surface area contributed by atoms with Gasteiger partial charge in [-0.15, -0.1) is 0 Å². The van der Waals surface area contributed by atoms with Crippen LogP contribution in [-0.2, 0) is 44.7 Å². The van der Waals surface area contributed by atoms with Crippen molar-refractivity contribution in [1.29, 1.82) is 0 Å². The molecule has 9 nitrogen and oxygen atoms in total. The lowest BCUT2D eigenvalue weighted by Gasteiger charge is -2.27. The molecule has 0 aromatic heterocycles. The fourth-order valence-corrected chi connectivity index (χ4v) is 2.55. The normalized spacial score (nSPS) is 12.6. The maximum atomic E-state index is 12.2. The van der Waals surface area contributed by atoms with E-state index >= 15 is 0 Å². The summed E-state index contributed by atoms with van der Waals surface area (Å²) in [5, 5.41) is 2.44. The Balaban J connectivity index is 2.80. The molecule has 0 saturated heterocycles. The predicted octanol–water partition coefficient (Wildman–Crippen LogP) is 0.459. The van der Waals surface area contributed by atoms with Crippen molar-refractivity contribution in [2.24, 2.45) is 11.8 Å². The number of methoxy groups -OCH3 is 3. The molecule has 1 amide bonds. The van der Waals surface area contributed by atoms with Gasteiger partial charge in [0.2, 0.25) is 5.91 Å². The minimum atomic E-state index is -1.41. The highest BCUT2D eigenvalue weighted by Crippen LogP contribution is 2.20. The quantitative estimate of drug-likeness (QED) is 0.345. The van der Waals surface area contributed by atoms with Crippen LogP contribution in [0.15, 0.2) is 30.3 Å². The maximum absolute atomic E-state index is 12.2. The molecule has 0 saturated carbocycles. The van der Waals surface area contributed by atoms with Gasteiger partial charge < -0.3 is 24.3 Å². The van der Waals surface area contributed by atoms with Gasteiger partial charge in [0.25, 0.3) is 0 Å². The van der Waals surface area contributed by atoms with Gasteiger partial charge in [-0.05, 0) is 5.56 Å². The first-order valence-electron chi connectivity index (χ1n) is 8.50. The number of esters is 3. The first-order valence-corrected chi connectivity index (χ1v) is 8.50. The van der Waals surface area contributed by atoms with Crippen LogP contribution in [0.5, 0.6) is 0 Å². The van der Waals surface area contributed by atoms with Crippen molar-refractivity contribution in [3.63, 3.8) is 0 Å². The Morgan fingerprint density at radius 3 is 1.93 bits per heavy atom. The van der Waals surface area contributed by atoms with Crippen LogP contribution in [-0.4, -0.2) is 57.8 Å². The second kappa shape index (κ2) is 11.7. The second-order valence-electron chi connectivity index (χ2n) is 5.93. The van der Waals surface area contributed by atoms with Crippen LogP contribution in [0.25, 0.3) is 0 Å². The molecule has 1 aromatic carbocycles. The average Bonchev–Trinajstić information content (AvgIpc) is 2.71. The Morgan fingerprint density at radius 2 is 1.43 bits per heavy atom. The number of benzene rings is 1. The molecule has 0 bridgehead atoms. The van der Waals surface area contributed by atoms with Crippen LogP contribution in [0.3, 0.4) is 0 Å². The minimum Gasteiger partial charge on any atom is -0.468 e. The number of amides is 1. The van der Waals surface area contributed by atoms with E-state index in [2.05, 4.69) is 19.5 Å². The molecule has 0 radical (unpaired) electrons. The smallest absolute Gasteiger partial charge is 0.328 e. The summed E-state index contributed by atoms with van der Waals surface area (Å²) in [6.07, 6.45) is 0. The number of nitrogens with one attached hydrogen (secondary N) is 1. The van der Waals surface area contributed by atoms with Crippen molar-refractivity contribution in [2.75, 3.05) is 27.9 Å². The zero-order valence-electron chi connectivity index (χ0n) is 16.3. The molecule has 0 aliphatic carbocycles. The molecule has 0 aliphatic heterocycles. The van der Waals surface area contributed by atoms with Gasteiger partial charge >= 0.3 is 17.9 Å². The Kier molecular flexibility index (Phi) is 9.66. The van der Waals surface area contributed by atoms with Crippen molar-refractivity contribution in [3.05, 3.63) is 35.9 Å². The number of hydrogen-bond donors (Lipinski definition) is 1. The summed E-state index contributed by atoms with van der Waals surface area (Å²) in [4.78, 5) is 48.3. The van der Waals surface area contributed by atoms with Crippen LogP contribution < -0.4 is 5.32 Å². The van der Waals surface area contributed by atoms with Crippen molar-refractivity contribution in [1.82, 2.24) is 5.32 Å². The monoisotopic (exact) mass is 395 g/mol. The summed E-state index contributed by atoms with van der Waals surface area (Å²) in [6, 6.07) is 7.95. The lowest BCUT2D eigenvalue weighted by atomic mass is 9.87. The largest absolute Gasteiger partial charge is 0.468 e. The van der Waals surface area contributed by atoms with Crippen molar-refractivity contribution < 1.29 is 38.1 Å². The highest BCUT2D eigenvalue weighted by Gasteiger charge is 2.42. The summed E-state index contributed by atoms with van der Waals surface area (Å²) < 4.78 is 19.2. The van der Waals surface area contributed by atoms with Gasteiger partial charge in [0.15, 0.2) is 5.92 Å². The van der Waals surface area contributed by atoms with E-state index in [1.165, 1.54) is 6.92 Å². The van der Waals surface area contributed by atoms with E-state index in [0.717, 1.165) is 26.9 Å². The SMILES string of the molecule is COC(=O)C(C(=O)OC)[C@H](C)[C@@H](NC(=O)COCc1ccccc1)C(=O)OC. The van der Waals surface area contributed by atoms with Crippen molar-refractivity contribution >= 4 is 23.8 Å². The molecule has 0 fully saturated rings. The molecule has 28 heavy (non-hydrogen) atoms. The van der Waals surface area contributed by atoms with Gasteiger partial charge in [0.1, 0.15) is 12.6 Å². The van der Waals surface area contributed by atoms with E-state index < -0.39 is 41.7 Å². The first-order chi connectivity index (χ1) is 13.3. The van der Waals surface area contributed by atoms with E-state index in [1.807, 2.05) is 30.3 Å². The summed E-state index contributed by atoms with van der Waals surface area (Å²) in [5.41, 5.74) is 0.879. The van der Waals surface area contributed by atoms with Gasteiger partial charge in [0, 0.05) is 5.92 Å². The maximum Gasteiger partial charge on any atom is 0.328 e. The van der Waals surface area contributed by atoms with Gasteiger partial charge in [0.05, 0.1) is 27.9 Å². The van der Waals surface area contributed by atoms with Crippen LogP contribution in [0.4, 0.5) is 0 Å². The van der Waals surface area contributed by atoms with Gasteiger partial charge in [-0.2, -0.15) is 0 Å². The molecule has 1 rings (SSSR count). The highest BCUT2D eigenvalue weighted by molar-refractivity contribution is 5.96. The molecular formula is C19H25NO8. The topological polar surface area (TPSA) is 117 Å². The number of ether oxygens (including phenoxy) is 4. The molecule has 0 unspecified atom stereocenters. The van der Waals surface area contributed by atoms with E-state index in [9.17, 15) is 19.2 Å². The highest BCUT2D eigenvalue weighted by atomic mass is 16.5. The molecule has 1 N–H and O–H groups in total. The third kappa shape index (κ3) is 6.66.